The van der Waals surface area contributed by atoms with Crippen molar-refractivity contribution in [3.8, 4) is 0 Å². The Kier molecular flexibility index (Phi) is 9.19. The van der Waals surface area contributed by atoms with Crippen molar-refractivity contribution in [1.82, 2.24) is 15.4 Å². The molecule has 0 unspecified atom stereocenters. The molecule has 0 heterocycles. The van der Waals surface area contributed by atoms with Gasteiger partial charge in [-0.2, -0.15) is 0 Å². The Morgan fingerprint density at radius 1 is 1.10 bits per heavy atom. The van der Waals surface area contributed by atoms with Crippen molar-refractivity contribution in [3.63, 3.8) is 0 Å². The van der Waals surface area contributed by atoms with E-state index < -0.39 is 10.0 Å². The van der Waals surface area contributed by atoms with Crippen LogP contribution in [0.4, 0.5) is 0 Å². The molecule has 0 radical (unpaired) electrons. The summed E-state index contributed by atoms with van der Waals surface area (Å²) in [7, 11) is -0.197. The summed E-state index contributed by atoms with van der Waals surface area (Å²) in [5.74, 6) is -0.00725. The minimum atomic E-state index is -3.40. The quantitative estimate of drug-likeness (QED) is 0.596. The minimum Gasteiger partial charge on any atom is -0.355 e. The van der Waals surface area contributed by atoms with Crippen LogP contribution < -0.4 is 15.4 Å². The van der Waals surface area contributed by atoms with Gasteiger partial charge in [0, 0.05) is 19.5 Å². The molecule has 0 aliphatic carbocycles. The van der Waals surface area contributed by atoms with Crippen LogP contribution >= 0.6 is 12.4 Å². The zero-order valence-corrected chi connectivity index (χ0v) is 13.8. The van der Waals surface area contributed by atoms with Gasteiger partial charge in [0.05, 0.1) is 4.90 Å². The Morgan fingerprint density at radius 3 is 2.24 bits per heavy atom. The Balaban J connectivity index is 0.00000400. The average molecular weight is 336 g/mol. The molecule has 1 aromatic carbocycles. The Hall–Kier alpha value is -1.15. The number of carbonyl (C=O) groups is 1. The lowest BCUT2D eigenvalue weighted by molar-refractivity contribution is -0.121. The van der Waals surface area contributed by atoms with Gasteiger partial charge in [-0.1, -0.05) is 12.1 Å². The van der Waals surface area contributed by atoms with Crippen molar-refractivity contribution >= 4 is 28.3 Å². The summed E-state index contributed by atoms with van der Waals surface area (Å²) < 4.78 is 25.3. The fraction of sp³-hybridized carbons (Fsp3) is 0.462. The fourth-order valence-electron chi connectivity index (χ4n) is 1.63. The second kappa shape index (κ2) is 9.73. The third-order valence-electron chi connectivity index (χ3n) is 2.84. The molecular formula is C13H22ClN3O3S. The van der Waals surface area contributed by atoms with Crippen LogP contribution in [0.3, 0.4) is 0 Å². The highest BCUT2D eigenvalue weighted by molar-refractivity contribution is 7.89. The lowest BCUT2D eigenvalue weighted by Gasteiger charge is -2.06. The monoisotopic (exact) mass is 335 g/mol. The maximum Gasteiger partial charge on any atom is 0.240 e. The smallest absolute Gasteiger partial charge is 0.240 e. The van der Waals surface area contributed by atoms with Crippen LogP contribution in [0.2, 0.25) is 0 Å². The molecule has 0 aromatic heterocycles. The highest BCUT2D eigenvalue weighted by Gasteiger charge is 2.10. The van der Waals surface area contributed by atoms with E-state index in [1.54, 1.807) is 24.3 Å². The SMILES string of the molecule is CNCCNC(=O)CCc1ccc(S(=O)(=O)NC)cc1.Cl. The first-order valence-corrected chi connectivity index (χ1v) is 7.91. The van der Waals surface area contributed by atoms with Gasteiger partial charge in [-0.3, -0.25) is 4.79 Å². The van der Waals surface area contributed by atoms with Crippen molar-refractivity contribution < 1.29 is 13.2 Å². The Labute approximate surface area is 132 Å². The van der Waals surface area contributed by atoms with Crippen LogP contribution in [0.25, 0.3) is 0 Å². The second-order valence-electron chi connectivity index (χ2n) is 4.31. The summed E-state index contributed by atoms with van der Waals surface area (Å²) in [4.78, 5) is 11.7. The molecule has 21 heavy (non-hydrogen) atoms. The molecule has 1 rings (SSSR count). The molecular weight excluding hydrogens is 314 g/mol. The molecule has 3 N–H and O–H groups in total. The van der Waals surface area contributed by atoms with Crippen LogP contribution in [0.15, 0.2) is 29.2 Å². The summed E-state index contributed by atoms with van der Waals surface area (Å²) in [6, 6.07) is 6.54. The van der Waals surface area contributed by atoms with E-state index in [1.165, 1.54) is 7.05 Å². The first kappa shape index (κ1) is 19.9. The molecule has 1 amide bonds. The fourth-order valence-corrected chi connectivity index (χ4v) is 2.36. The van der Waals surface area contributed by atoms with E-state index >= 15 is 0 Å². The summed E-state index contributed by atoms with van der Waals surface area (Å²) in [5.41, 5.74) is 0.934. The maximum absolute atomic E-state index is 11.5. The highest BCUT2D eigenvalue weighted by atomic mass is 35.5. The van der Waals surface area contributed by atoms with Crippen LogP contribution in [0.5, 0.6) is 0 Å². The van der Waals surface area contributed by atoms with Gasteiger partial charge in [0.1, 0.15) is 0 Å². The molecule has 0 spiro atoms. The first-order valence-electron chi connectivity index (χ1n) is 6.43. The molecule has 8 heteroatoms. The molecule has 0 aliphatic rings. The van der Waals surface area contributed by atoms with Gasteiger partial charge in [-0.05, 0) is 38.2 Å². The van der Waals surface area contributed by atoms with Crippen molar-refractivity contribution in [2.45, 2.75) is 17.7 Å². The molecule has 120 valence electrons. The van der Waals surface area contributed by atoms with Crippen LogP contribution in [0, 0.1) is 0 Å². The summed E-state index contributed by atoms with van der Waals surface area (Å²) >= 11 is 0. The van der Waals surface area contributed by atoms with Crippen LogP contribution in [-0.4, -0.2) is 41.5 Å². The van der Waals surface area contributed by atoms with Gasteiger partial charge in [0.25, 0.3) is 0 Å². The number of likely N-dealkylation sites (N-methyl/N-ethyl adjacent to an activating group) is 1. The average Bonchev–Trinajstić information content (AvgIpc) is 2.46. The topological polar surface area (TPSA) is 87.3 Å². The molecule has 0 saturated heterocycles. The summed E-state index contributed by atoms with van der Waals surface area (Å²) in [6.45, 7) is 1.34. The number of carbonyl (C=O) groups excluding carboxylic acids is 1. The van der Waals surface area contributed by atoms with Crippen molar-refractivity contribution in [1.29, 1.82) is 0 Å². The lowest BCUT2D eigenvalue weighted by Crippen LogP contribution is -2.30. The van der Waals surface area contributed by atoms with Gasteiger partial charge in [0.2, 0.25) is 15.9 Å². The number of sulfonamides is 1. The Bertz CT molecular complexity index is 532. The number of hydrogen-bond donors (Lipinski definition) is 3. The van der Waals surface area contributed by atoms with Gasteiger partial charge in [0.15, 0.2) is 0 Å². The zero-order valence-electron chi connectivity index (χ0n) is 12.2. The van der Waals surface area contributed by atoms with Gasteiger partial charge in [-0.25, -0.2) is 13.1 Å². The predicted molar refractivity (Wildman–Crippen MR) is 85.2 cm³/mol. The van der Waals surface area contributed by atoms with E-state index in [4.69, 9.17) is 0 Å². The van der Waals surface area contributed by atoms with E-state index in [1.807, 2.05) is 7.05 Å². The van der Waals surface area contributed by atoms with Crippen LogP contribution in [-0.2, 0) is 21.2 Å². The zero-order chi connectivity index (χ0) is 15.0. The number of aryl methyl sites for hydroxylation is 1. The Morgan fingerprint density at radius 2 is 1.71 bits per heavy atom. The molecule has 0 fully saturated rings. The molecule has 6 nitrogen and oxygen atoms in total. The number of hydrogen-bond acceptors (Lipinski definition) is 4. The number of nitrogens with one attached hydrogen (secondary N) is 3. The molecule has 0 saturated carbocycles. The van der Waals surface area contributed by atoms with Crippen molar-refractivity contribution in [2.24, 2.45) is 0 Å². The molecule has 0 bridgehead atoms. The van der Waals surface area contributed by atoms with E-state index in [2.05, 4.69) is 15.4 Å². The van der Waals surface area contributed by atoms with Gasteiger partial charge in [-0.15, -0.1) is 12.4 Å². The minimum absolute atomic E-state index is 0. The lowest BCUT2D eigenvalue weighted by atomic mass is 10.1. The predicted octanol–water partition coefficient (Wildman–Crippen LogP) is 0.285. The van der Waals surface area contributed by atoms with Crippen LogP contribution in [0.1, 0.15) is 12.0 Å². The number of rotatable bonds is 8. The number of amides is 1. The third kappa shape index (κ3) is 6.90. The number of halogens is 1. The first-order chi connectivity index (χ1) is 9.49. The van der Waals surface area contributed by atoms with Gasteiger partial charge >= 0.3 is 0 Å². The van der Waals surface area contributed by atoms with Crippen molar-refractivity contribution in [2.75, 3.05) is 27.2 Å². The van der Waals surface area contributed by atoms with E-state index in [0.29, 0.717) is 19.4 Å². The second-order valence-corrected chi connectivity index (χ2v) is 6.19. The third-order valence-corrected chi connectivity index (χ3v) is 4.27. The maximum atomic E-state index is 11.5. The van der Waals surface area contributed by atoms with Gasteiger partial charge < -0.3 is 10.6 Å². The summed E-state index contributed by atoms with van der Waals surface area (Å²) in [5, 5.41) is 5.74. The van der Waals surface area contributed by atoms with E-state index in [9.17, 15) is 13.2 Å². The molecule has 0 aliphatic heterocycles. The summed E-state index contributed by atoms with van der Waals surface area (Å²) in [6.07, 6.45) is 0.979. The van der Waals surface area contributed by atoms with E-state index in [0.717, 1.165) is 12.1 Å². The molecule has 1 aromatic rings. The van der Waals surface area contributed by atoms with E-state index in [-0.39, 0.29) is 23.2 Å². The van der Waals surface area contributed by atoms with Crippen molar-refractivity contribution in [3.05, 3.63) is 29.8 Å². The number of benzene rings is 1. The largest absolute Gasteiger partial charge is 0.355 e. The normalized spacial score (nSPS) is 10.8. The standard InChI is InChI=1S/C13H21N3O3S.ClH/c1-14-9-10-16-13(17)8-5-11-3-6-12(7-4-11)20(18,19)15-2;/h3-4,6-7,14-15H,5,8-10H2,1-2H3,(H,16,17);1H. The molecule has 0 atom stereocenters. The highest BCUT2D eigenvalue weighted by Crippen LogP contribution is 2.11.